The third-order valence-corrected chi connectivity index (χ3v) is 9.20. The van der Waals surface area contributed by atoms with Crippen LogP contribution in [0.4, 0.5) is 0 Å². The molecular formula is C25H29IN2O7. The van der Waals surface area contributed by atoms with Crippen molar-refractivity contribution in [1.82, 2.24) is 10.4 Å². The number of carbonyl (C=O) groups excluding carboxylic acids is 2. The van der Waals surface area contributed by atoms with E-state index in [2.05, 4.69) is 27.9 Å². The van der Waals surface area contributed by atoms with Crippen LogP contribution in [0.1, 0.15) is 37.7 Å². The van der Waals surface area contributed by atoms with E-state index in [1.165, 1.54) is 0 Å². The van der Waals surface area contributed by atoms with Crippen LogP contribution in [0.25, 0.3) is 0 Å². The number of hydrogen-bond acceptors (Lipinski definition) is 8. The summed E-state index contributed by atoms with van der Waals surface area (Å²) in [7, 11) is 0. The number of halogens is 1. The number of aliphatic hydroxyl groups is 1. The van der Waals surface area contributed by atoms with Crippen LogP contribution in [0.5, 0.6) is 0 Å². The van der Waals surface area contributed by atoms with Gasteiger partial charge in [-0.15, -0.1) is 0 Å². The largest absolute Gasteiger partial charge is 0.458 e. The molecule has 0 spiro atoms. The maximum absolute atomic E-state index is 13.8. The summed E-state index contributed by atoms with van der Waals surface area (Å²) >= 11 is 2.25. The summed E-state index contributed by atoms with van der Waals surface area (Å²) in [5.41, 5.74) is -0.202. The lowest BCUT2D eigenvalue weighted by atomic mass is 9.62. The van der Waals surface area contributed by atoms with Crippen LogP contribution in [-0.2, 0) is 35.2 Å². The minimum atomic E-state index is -1.18. The van der Waals surface area contributed by atoms with E-state index in [9.17, 15) is 14.7 Å². The quantitative estimate of drug-likeness (QED) is 0.361. The van der Waals surface area contributed by atoms with Gasteiger partial charge in [-0.1, -0.05) is 12.1 Å². The lowest BCUT2D eigenvalue weighted by Gasteiger charge is -2.48. The fourth-order valence-electron chi connectivity index (χ4n) is 6.82. The predicted octanol–water partition coefficient (Wildman–Crippen LogP) is 1.50. The van der Waals surface area contributed by atoms with Gasteiger partial charge in [-0.25, -0.2) is 0 Å². The van der Waals surface area contributed by atoms with Crippen molar-refractivity contribution in [3.63, 3.8) is 0 Å². The summed E-state index contributed by atoms with van der Waals surface area (Å²) in [6, 6.07) is 7.07. The van der Waals surface area contributed by atoms with Crippen LogP contribution >= 0.6 is 22.6 Å². The van der Waals surface area contributed by atoms with Crippen molar-refractivity contribution >= 4 is 34.5 Å². The van der Waals surface area contributed by atoms with Gasteiger partial charge in [-0.3, -0.25) is 14.4 Å². The number of esters is 1. The summed E-state index contributed by atoms with van der Waals surface area (Å²) in [6.07, 6.45) is 2.36. The highest BCUT2D eigenvalue weighted by Gasteiger charge is 2.78. The Bertz CT molecular complexity index is 1050. The fourth-order valence-corrected chi connectivity index (χ4v) is 7.42. The van der Waals surface area contributed by atoms with Crippen LogP contribution in [0, 0.1) is 20.8 Å². The Kier molecular flexibility index (Phi) is 5.28. The van der Waals surface area contributed by atoms with Gasteiger partial charge in [0, 0.05) is 28.4 Å². The molecule has 2 bridgehead atoms. The topological polar surface area (TPSA) is 107 Å². The van der Waals surface area contributed by atoms with Crippen LogP contribution in [0.3, 0.4) is 0 Å². The molecule has 188 valence electrons. The van der Waals surface area contributed by atoms with Gasteiger partial charge in [0.15, 0.2) is 11.8 Å². The van der Waals surface area contributed by atoms with Crippen LogP contribution in [0.2, 0.25) is 0 Å². The highest BCUT2D eigenvalue weighted by Crippen LogP contribution is 2.63. The minimum absolute atomic E-state index is 0.107. The molecule has 7 rings (SSSR count). The fraction of sp³-hybridized carbons (Fsp3) is 0.680. The van der Waals surface area contributed by atoms with Gasteiger partial charge in [0.05, 0.1) is 13.2 Å². The van der Waals surface area contributed by atoms with Gasteiger partial charge in [0.2, 0.25) is 5.91 Å². The zero-order valence-electron chi connectivity index (χ0n) is 19.2. The molecule has 6 fully saturated rings. The van der Waals surface area contributed by atoms with Gasteiger partial charge in [0.1, 0.15) is 29.8 Å². The van der Waals surface area contributed by atoms with E-state index in [1.807, 2.05) is 24.3 Å². The molecule has 1 aromatic rings. The van der Waals surface area contributed by atoms with E-state index in [0.29, 0.717) is 24.8 Å². The highest BCUT2D eigenvalue weighted by molar-refractivity contribution is 14.1. The van der Waals surface area contributed by atoms with E-state index in [-0.39, 0.29) is 19.1 Å². The lowest BCUT2D eigenvalue weighted by Crippen LogP contribution is -2.69. The normalized spacial score (nSPS) is 39.3. The number of aliphatic hydroxyl groups excluding tert-OH is 1. The van der Waals surface area contributed by atoms with Crippen molar-refractivity contribution in [2.45, 2.75) is 74.9 Å². The van der Waals surface area contributed by atoms with Crippen LogP contribution in [0.15, 0.2) is 24.3 Å². The molecule has 35 heavy (non-hydrogen) atoms. The third-order valence-electron chi connectivity index (χ3n) is 8.53. The first kappa shape index (κ1) is 22.9. The SMILES string of the molecule is O=C1OC2CC3(C(=O)NCCO)C(ON(Cc4cccc(I)c4)C13)C1OC(C3CC3)(C3CC3)OC21. The zero-order valence-corrected chi connectivity index (χ0v) is 21.4. The van der Waals surface area contributed by atoms with E-state index in [4.69, 9.17) is 19.0 Å². The van der Waals surface area contributed by atoms with Gasteiger partial charge < -0.3 is 24.6 Å². The van der Waals surface area contributed by atoms with Gasteiger partial charge in [-0.05, 0) is 66.0 Å². The first-order valence-electron chi connectivity index (χ1n) is 12.6. The van der Waals surface area contributed by atoms with Crippen molar-refractivity contribution in [2.75, 3.05) is 13.2 Å². The summed E-state index contributed by atoms with van der Waals surface area (Å²) in [5, 5.41) is 13.8. The first-order chi connectivity index (χ1) is 17.0. The number of nitrogens with zero attached hydrogens (tertiary/aromatic N) is 1. The number of ether oxygens (including phenoxy) is 3. The molecule has 10 heteroatoms. The summed E-state index contributed by atoms with van der Waals surface area (Å²) in [5.74, 6) is -0.745. The molecule has 3 heterocycles. The molecule has 6 aliphatic rings. The smallest absolute Gasteiger partial charge is 0.327 e. The van der Waals surface area contributed by atoms with Crippen molar-refractivity contribution in [1.29, 1.82) is 0 Å². The molecule has 6 atom stereocenters. The van der Waals surface area contributed by atoms with Gasteiger partial charge in [0.25, 0.3) is 0 Å². The van der Waals surface area contributed by atoms with Crippen molar-refractivity contribution in [3.8, 4) is 0 Å². The summed E-state index contributed by atoms with van der Waals surface area (Å²) < 4.78 is 20.5. The Morgan fingerprint density at radius 2 is 1.91 bits per heavy atom. The minimum Gasteiger partial charge on any atom is -0.458 e. The number of amides is 1. The van der Waals surface area contributed by atoms with E-state index in [1.54, 1.807) is 5.06 Å². The molecule has 0 radical (unpaired) electrons. The maximum Gasteiger partial charge on any atom is 0.327 e. The van der Waals surface area contributed by atoms with E-state index in [0.717, 1.165) is 34.8 Å². The molecule has 6 unspecified atom stereocenters. The molecule has 1 amide bonds. The number of hydroxylamine groups is 2. The Morgan fingerprint density at radius 1 is 1.17 bits per heavy atom. The lowest BCUT2D eigenvalue weighted by molar-refractivity contribution is -0.235. The first-order valence-corrected chi connectivity index (χ1v) is 13.7. The standard InChI is InChI=1S/C25H29IN2O7/c26-16-3-1-2-13(10-16)12-28-20-22(30)32-17-11-24(20,23(31)27-8-9-29)21(35-28)19-18(17)33-25(34-19,14-4-5-14)15-6-7-15/h1-3,10,14-15,17-21,29H,4-9,11-12H2,(H,27,31). The molecule has 3 aliphatic carbocycles. The zero-order chi connectivity index (χ0) is 23.9. The molecule has 3 saturated carbocycles. The Morgan fingerprint density at radius 3 is 2.60 bits per heavy atom. The number of nitrogens with one attached hydrogen (secondary N) is 1. The van der Waals surface area contributed by atoms with E-state index >= 15 is 0 Å². The van der Waals surface area contributed by atoms with Crippen molar-refractivity contribution in [2.24, 2.45) is 17.3 Å². The molecule has 3 saturated heterocycles. The Hall–Kier alpha value is -1.31. The third kappa shape index (κ3) is 3.36. The van der Waals surface area contributed by atoms with Crippen molar-refractivity contribution in [3.05, 3.63) is 33.4 Å². The number of hydrogen-bond donors (Lipinski definition) is 2. The number of carbonyl (C=O) groups is 2. The molecule has 2 N–H and O–H groups in total. The molecule has 0 aromatic heterocycles. The second-order valence-electron chi connectivity index (χ2n) is 10.8. The molecular weight excluding hydrogens is 567 g/mol. The predicted molar refractivity (Wildman–Crippen MR) is 128 cm³/mol. The molecule has 3 aliphatic heterocycles. The van der Waals surface area contributed by atoms with Gasteiger partial charge in [-0.2, -0.15) is 5.06 Å². The summed E-state index contributed by atoms with van der Waals surface area (Å²) in [4.78, 5) is 33.8. The second-order valence-corrected chi connectivity index (χ2v) is 12.0. The highest BCUT2D eigenvalue weighted by atomic mass is 127. The van der Waals surface area contributed by atoms with Gasteiger partial charge >= 0.3 is 5.97 Å². The Labute approximate surface area is 216 Å². The number of fused-ring (bicyclic) bond motifs is 4. The van der Waals surface area contributed by atoms with Crippen LogP contribution < -0.4 is 5.32 Å². The second kappa shape index (κ2) is 8.09. The summed E-state index contributed by atoms with van der Waals surface area (Å²) in [6.45, 7) is 0.258. The molecule has 1 aromatic carbocycles. The maximum atomic E-state index is 13.8. The Balaban J connectivity index is 1.28. The van der Waals surface area contributed by atoms with Crippen LogP contribution in [-0.4, -0.2) is 71.4 Å². The van der Waals surface area contributed by atoms with Crippen molar-refractivity contribution < 1.29 is 33.7 Å². The number of benzene rings is 1. The monoisotopic (exact) mass is 596 g/mol. The van der Waals surface area contributed by atoms with E-state index < -0.39 is 47.6 Å². The average molecular weight is 596 g/mol. The average Bonchev–Trinajstić information content (AvgIpc) is 3.77. The molecule has 9 nitrogen and oxygen atoms in total. The number of rotatable bonds is 7.